The van der Waals surface area contributed by atoms with Gasteiger partial charge in [-0.25, -0.2) is 14.0 Å². The van der Waals surface area contributed by atoms with Crippen molar-refractivity contribution < 1.29 is 23.5 Å². The molecule has 0 fully saturated rings. The molecule has 0 radical (unpaired) electrons. The number of ether oxygens (including phenoxy) is 2. The van der Waals surface area contributed by atoms with E-state index in [1.54, 1.807) is 6.07 Å². The van der Waals surface area contributed by atoms with E-state index in [2.05, 4.69) is 13.2 Å². The fourth-order valence-electron chi connectivity index (χ4n) is 3.83. The van der Waals surface area contributed by atoms with Crippen molar-refractivity contribution in [3.8, 4) is 22.3 Å². The summed E-state index contributed by atoms with van der Waals surface area (Å²) in [5, 5.41) is 0. The van der Waals surface area contributed by atoms with Crippen molar-refractivity contribution in [2.45, 2.75) is 19.3 Å². The normalized spacial score (nSPS) is 10.5. The quantitative estimate of drug-likeness (QED) is 0.281. The Labute approximate surface area is 211 Å². The summed E-state index contributed by atoms with van der Waals surface area (Å²) < 4.78 is 25.3. The molecule has 3 aromatic rings. The molecule has 0 saturated heterocycles. The van der Waals surface area contributed by atoms with Crippen LogP contribution in [0.3, 0.4) is 0 Å². The molecule has 0 aliphatic heterocycles. The lowest BCUT2D eigenvalue weighted by Gasteiger charge is -2.14. The number of carbonyl (C=O) groups excluding carboxylic acids is 2. The number of hydrogen-bond acceptors (Lipinski definition) is 5. The molecule has 5 nitrogen and oxygen atoms in total. The van der Waals surface area contributed by atoms with Crippen LogP contribution in [0.2, 0.25) is 0 Å². The van der Waals surface area contributed by atoms with E-state index in [0.717, 1.165) is 45.5 Å². The highest BCUT2D eigenvalue weighted by Crippen LogP contribution is 2.32. The first-order chi connectivity index (χ1) is 17.4. The summed E-state index contributed by atoms with van der Waals surface area (Å²) in [6.45, 7) is 7.71. The first kappa shape index (κ1) is 26.6. The first-order valence-electron chi connectivity index (χ1n) is 11.7. The third kappa shape index (κ3) is 7.23. The Bertz CT molecular complexity index is 1220. The maximum Gasteiger partial charge on any atom is 0.330 e. The minimum Gasteiger partial charge on any atom is -0.462 e. The second kappa shape index (κ2) is 13.2. The number of benzene rings is 3. The summed E-state index contributed by atoms with van der Waals surface area (Å²) in [5.41, 5.74) is 11.8. The van der Waals surface area contributed by atoms with Crippen LogP contribution in [0.1, 0.15) is 16.7 Å². The van der Waals surface area contributed by atoms with Crippen LogP contribution in [0.15, 0.2) is 86.0 Å². The van der Waals surface area contributed by atoms with Crippen LogP contribution in [0.4, 0.5) is 4.39 Å². The van der Waals surface area contributed by atoms with Gasteiger partial charge in [-0.15, -0.1) is 0 Å². The average molecular weight is 488 g/mol. The minimum atomic E-state index is -0.454. The van der Waals surface area contributed by atoms with Gasteiger partial charge in [-0.1, -0.05) is 61.7 Å². The van der Waals surface area contributed by atoms with Crippen molar-refractivity contribution in [1.82, 2.24) is 0 Å². The van der Waals surface area contributed by atoms with Gasteiger partial charge in [0.05, 0.1) is 13.2 Å². The molecule has 0 aliphatic carbocycles. The summed E-state index contributed by atoms with van der Waals surface area (Å²) in [6, 6.07) is 18.7. The van der Waals surface area contributed by atoms with Crippen molar-refractivity contribution in [3.63, 3.8) is 0 Å². The van der Waals surface area contributed by atoms with E-state index in [0.29, 0.717) is 31.4 Å². The van der Waals surface area contributed by atoms with E-state index in [9.17, 15) is 9.59 Å². The standard InChI is InChI=1S/C30H30FNO4/c1-3-29(33)35-17-14-21-5-9-23(10-6-21)26-20-28(31)27(19-25(26)13-16-32)24-11-7-22(8-12-24)15-18-36-30(34)4-2/h3-12,19-20H,1-2,13-18,32H2. The Hall–Kier alpha value is -4.03. The molecule has 0 atom stereocenters. The molecule has 3 rings (SSSR count). The third-order valence-electron chi connectivity index (χ3n) is 5.74. The molecule has 0 aromatic heterocycles. The number of rotatable bonds is 12. The van der Waals surface area contributed by atoms with E-state index in [1.807, 2.05) is 54.6 Å². The molecule has 6 heteroatoms. The van der Waals surface area contributed by atoms with Crippen LogP contribution in [0.5, 0.6) is 0 Å². The maximum atomic E-state index is 15.3. The molecular weight excluding hydrogens is 457 g/mol. The van der Waals surface area contributed by atoms with Gasteiger partial charge in [-0.2, -0.15) is 0 Å². The van der Waals surface area contributed by atoms with Crippen LogP contribution in [0, 0.1) is 5.82 Å². The van der Waals surface area contributed by atoms with E-state index in [1.165, 1.54) is 0 Å². The molecule has 186 valence electrons. The highest BCUT2D eigenvalue weighted by molar-refractivity contribution is 5.81. The lowest BCUT2D eigenvalue weighted by Crippen LogP contribution is -2.06. The molecule has 0 spiro atoms. The molecule has 3 aromatic carbocycles. The number of hydrogen-bond donors (Lipinski definition) is 1. The monoisotopic (exact) mass is 487 g/mol. The predicted octanol–water partition coefficient (Wildman–Crippen LogP) is 5.20. The van der Waals surface area contributed by atoms with Gasteiger partial charge < -0.3 is 15.2 Å². The van der Waals surface area contributed by atoms with E-state index < -0.39 is 11.9 Å². The fraction of sp³-hybridized carbons (Fsp3) is 0.200. The van der Waals surface area contributed by atoms with Crippen molar-refractivity contribution in [3.05, 3.63) is 108 Å². The lowest BCUT2D eigenvalue weighted by atomic mass is 9.92. The SMILES string of the molecule is C=CC(=O)OCCc1ccc(-c2cc(CCN)c(-c3ccc(CCOC(=O)C=C)cc3)cc2F)cc1. The largest absolute Gasteiger partial charge is 0.462 e. The molecule has 0 amide bonds. The van der Waals surface area contributed by atoms with Gasteiger partial charge in [0.2, 0.25) is 0 Å². The van der Waals surface area contributed by atoms with E-state index in [4.69, 9.17) is 15.2 Å². The van der Waals surface area contributed by atoms with E-state index in [-0.39, 0.29) is 19.0 Å². The molecule has 36 heavy (non-hydrogen) atoms. The Kier molecular flexibility index (Phi) is 9.72. The first-order valence-corrected chi connectivity index (χ1v) is 11.7. The van der Waals surface area contributed by atoms with Crippen molar-refractivity contribution in [2.75, 3.05) is 19.8 Å². The maximum absolute atomic E-state index is 15.3. The van der Waals surface area contributed by atoms with Crippen molar-refractivity contribution in [2.24, 2.45) is 5.73 Å². The Balaban J connectivity index is 1.78. The summed E-state index contributed by atoms with van der Waals surface area (Å²) in [5.74, 6) is -1.22. The zero-order chi connectivity index (χ0) is 25.9. The molecular formula is C30H30FNO4. The number of carbonyl (C=O) groups is 2. The van der Waals surface area contributed by atoms with E-state index >= 15 is 4.39 Å². The average Bonchev–Trinajstić information content (AvgIpc) is 2.90. The number of nitrogens with two attached hydrogens (primary N) is 1. The third-order valence-corrected chi connectivity index (χ3v) is 5.74. The van der Waals surface area contributed by atoms with Gasteiger partial charge in [0, 0.05) is 30.6 Å². The van der Waals surface area contributed by atoms with Gasteiger partial charge >= 0.3 is 11.9 Å². The highest BCUT2D eigenvalue weighted by Gasteiger charge is 2.13. The van der Waals surface area contributed by atoms with Crippen LogP contribution in [-0.2, 0) is 38.3 Å². The molecule has 0 saturated carbocycles. The number of esters is 2. The second-order valence-electron chi connectivity index (χ2n) is 8.16. The zero-order valence-electron chi connectivity index (χ0n) is 20.2. The summed E-state index contributed by atoms with van der Waals surface area (Å²) in [6.07, 6.45) is 4.02. The van der Waals surface area contributed by atoms with Gasteiger partial charge in [0.1, 0.15) is 5.82 Å². The molecule has 0 heterocycles. The zero-order valence-corrected chi connectivity index (χ0v) is 20.2. The summed E-state index contributed by atoms with van der Waals surface area (Å²) >= 11 is 0. The van der Waals surface area contributed by atoms with Crippen LogP contribution in [-0.4, -0.2) is 31.7 Å². The smallest absolute Gasteiger partial charge is 0.330 e. The number of halogens is 1. The summed E-state index contributed by atoms with van der Waals surface area (Å²) in [4.78, 5) is 22.4. The molecule has 0 bridgehead atoms. The van der Waals surface area contributed by atoms with Gasteiger partial charge in [0.15, 0.2) is 0 Å². The van der Waals surface area contributed by atoms with Crippen molar-refractivity contribution >= 4 is 11.9 Å². The Morgan fingerprint density at radius 2 is 1.22 bits per heavy atom. The van der Waals surface area contributed by atoms with Crippen LogP contribution in [0.25, 0.3) is 22.3 Å². The molecule has 0 unspecified atom stereocenters. The highest BCUT2D eigenvalue weighted by atomic mass is 19.1. The molecule has 0 aliphatic rings. The van der Waals surface area contributed by atoms with Gasteiger partial charge in [-0.3, -0.25) is 0 Å². The van der Waals surface area contributed by atoms with Gasteiger partial charge in [-0.05, 0) is 58.5 Å². The lowest BCUT2D eigenvalue weighted by molar-refractivity contribution is -0.138. The van der Waals surface area contributed by atoms with Crippen molar-refractivity contribution in [1.29, 1.82) is 0 Å². The Morgan fingerprint density at radius 1 is 0.750 bits per heavy atom. The Morgan fingerprint density at radius 3 is 1.67 bits per heavy atom. The second-order valence-corrected chi connectivity index (χ2v) is 8.16. The van der Waals surface area contributed by atoms with Gasteiger partial charge in [0.25, 0.3) is 0 Å². The predicted molar refractivity (Wildman–Crippen MR) is 140 cm³/mol. The van der Waals surface area contributed by atoms with Crippen LogP contribution < -0.4 is 5.73 Å². The topological polar surface area (TPSA) is 78.6 Å². The minimum absolute atomic E-state index is 0.257. The fourth-order valence-corrected chi connectivity index (χ4v) is 3.83. The summed E-state index contributed by atoms with van der Waals surface area (Å²) in [7, 11) is 0. The molecule has 2 N–H and O–H groups in total. The van der Waals surface area contributed by atoms with Crippen LogP contribution >= 0.6 is 0 Å².